The van der Waals surface area contributed by atoms with Gasteiger partial charge in [0.05, 0.1) is 38.1 Å². The fourth-order valence-corrected chi connectivity index (χ4v) is 3.02. The van der Waals surface area contributed by atoms with Gasteiger partial charge in [-0.2, -0.15) is 0 Å². The van der Waals surface area contributed by atoms with Crippen molar-refractivity contribution < 1.29 is 24.1 Å². The van der Waals surface area contributed by atoms with Gasteiger partial charge in [-0.15, -0.1) is 0 Å². The van der Waals surface area contributed by atoms with Gasteiger partial charge >= 0.3 is 6.09 Å². The molecule has 1 amide bonds. The average Bonchev–Trinajstić information content (AvgIpc) is 2.63. The number of hydrogen-bond acceptors (Lipinski definition) is 5. The first-order valence-electron chi connectivity index (χ1n) is 9.73. The van der Waals surface area contributed by atoms with E-state index in [1.165, 1.54) is 5.56 Å². The first-order chi connectivity index (χ1) is 12.9. The zero-order valence-corrected chi connectivity index (χ0v) is 16.6. The van der Waals surface area contributed by atoms with Crippen LogP contribution in [0.2, 0.25) is 0 Å². The van der Waals surface area contributed by atoms with Crippen molar-refractivity contribution in [3.05, 3.63) is 35.9 Å². The van der Waals surface area contributed by atoms with E-state index < -0.39 is 17.7 Å². The topological polar surface area (TPSA) is 77.0 Å². The number of carbonyl (C=O) groups is 1. The zero-order chi connectivity index (χ0) is 19.7. The zero-order valence-electron chi connectivity index (χ0n) is 16.6. The minimum absolute atomic E-state index is 0.135. The van der Waals surface area contributed by atoms with Crippen LogP contribution in [0.3, 0.4) is 0 Å². The molecule has 2 N–H and O–H groups in total. The molecule has 1 aromatic carbocycles. The standard InChI is InChI=1S/C21H33NO5/c1-21(2,3)27-20(24)22-17(13-23)15-26-19-11-9-18(10-12-19)25-14-16-7-5-4-6-8-16/h4-8,17-19,23H,9-15H2,1-3H3,(H,22,24)/t17-,18?,19?/m0/s1. The number of aliphatic hydroxyl groups is 1. The van der Waals surface area contributed by atoms with Gasteiger partial charge in [0.1, 0.15) is 5.60 Å². The van der Waals surface area contributed by atoms with Crippen LogP contribution in [0.5, 0.6) is 0 Å². The van der Waals surface area contributed by atoms with Crippen LogP contribution in [0.1, 0.15) is 52.0 Å². The van der Waals surface area contributed by atoms with Crippen LogP contribution in [-0.4, -0.2) is 48.3 Å². The smallest absolute Gasteiger partial charge is 0.408 e. The molecule has 152 valence electrons. The fraction of sp³-hybridized carbons (Fsp3) is 0.667. The quantitative estimate of drug-likeness (QED) is 0.724. The minimum atomic E-state index is -0.566. The third-order valence-corrected chi connectivity index (χ3v) is 4.42. The molecule has 1 aromatic rings. The van der Waals surface area contributed by atoms with Crippen molar-refractivity contribution in [1.29, 1.82) is 0 Å². The molecule has 1 aliphatic rings. The van der Waals surface area contributed by atoms with Crippen LogP contribution in [0.25, 0.3) is 0 Å². The molecule has 0 aliphatic heterocycles. The Hall–Kier alpha value is -1.63. The molecule has 0 heterocycles. The van der Waals surface area contributed by atoms with E-state index >= 15 is 0 Å². The lowest BCUT2D eigenvalue weighted by Gasteiger charge is -2.30. The maximum absolute atomic E-state index is 11.8. The second kappa shape index (κ2) is 10.6. The summed E-state index contributed by atoms with van der Waals surface area (Å²) in [6, 6.07) is 9.72. The van der Waals surface area contributed by atoms with Crippen LogP contribution in [-0.2, 0) is 20.8 Å². The van der Waals surface area contributed by atoms with Crippen molar-refractivity contribution in [3.8, 4) is 0 Å². The van der Waals surface area contributed by atoms with E-state index in [4.69, 9.17) is 14.2 Å². The Kier molecular flexibility index (Phi) is 8.54. The number of carbonyl (C=O) groups excluding carboxylic acids is 1. The van der Waals surface area contributed by atoms with Gasteiger partial charge in [-0.25, -0.2) is 4.79 Å². The summed E-state index contributed by atoms with van der Waals surface area (Å²) in [4.78, 5) is 11.8. The number of aliphatic hydroxyl groups excluding tert-OH is 1. The first-order valence-corrected chi connectivity index (χ1v) is 9.73. The van der Waals surface area contributed by atoms with Crippen molar-refractivity contribution in [2.24, 2.45) is 0 Å². The third-order valence-electron chi connectivity index (χ3n) is 4.42. The summed E-state index contributed by atoms with van der Waals surface area (Å²) in [7, 11) is 0. The summed E-state index contributed by atoms with van der Waals surface area (Å²) in [5.74, 6) is 0. The van der Waals surface area contributed by atoms with Gasteiger partial charge in [0, 0.05) is 0 Å². The number of nitrogens with one attached hydrogen (secondary N) is 1. The molecule has 0 aromatic heterocycles. The molecule has 0 unspecified atom stereocenters. The van der Waals surface area contributed by atoms with Crippen molar-refractivity contribution in [2.45, 2.75) is 76.9 Å². The molecule has 0 saturated heterocycles. The summed E-state index contributed by atoms with van der Waals surface area (Å²) < 4.78 is 17.1. The van der Waals surface area contributed by atoms with Crippen molar-refractivity contribution in [3.63, 3.8) is 0 Å². The number of hydrogen-bond donors (Lipinski definition) is 2. The van der Waals surface area contributed by atoms with Crippen LogP contribution < -0.4 is 5.32 Å². The normalized spacial score (nSPS) is 21.5. The van der Waals surface area contributed by atoms with Crippen LogP contribution >= 0.6 is 0 Å². The summed E-state index contributed by atoms with van der Waals surface area (Å²) in [6.07, 6.45) is 3.62. The Morgan fingerprint density at radius 3 is 2.26 bits per heavy atom. The minimum Gasteiger partial charge on any atom is -0.444 e. The molecule has 1 atom stereocenters. The average molecular weight is 379 g/mol. The molecule has 1 fully saturated rings. The molecule has 6 heteroatoms. The molecule has 27 heavy (non-hydrogen) atoms. The summed E-state index contributed by atoms with van der Waals surface area (Å²) in [5.41, 5.74) is 0.623. The fourth-order valence-electron chi connectivity index (χ4n) is 3.02. The monoisotopic (exact) mass is 379 g/mol. The van der Waals surface area contributed by atoms with Gasteiger partial charge in [-0.05, 0) is 52.0 Å². The summed E-state index contributed by atoms with van der Waals surface area (Å²) in [6.45, 7) is 6.13. The van der Waals surface area contributed by atoms with Gasteiger partial charge in [0.15, 0.2) is 0 Å². The SMILES string of the molecule is CC(C)(C)OC(=O)N[C@@H](CO)COC1CCC(OCc2ccccc2)CC1. The van der Waals surface area contributed by atoms with Crippen molar-refractivity contribution in [1.82, 2.24) is 5.32 Å². The maximum atomic E-state index is 11.8. The lowest BCUT2D eigenvalue weighted by molar-refractivity contribution is -0.0444. The van der Waals surface area contributed by atoms with E-state index in [2.05, 4.69) is 17.4 Å². The Morgan fingerprint density at radius 2 is 1.70 bits per heavy atom. The number of alkyl carbamates (subject to hydrolysis) is 1. The van der Waals surface area contributed by atoms with Crippen LogP contribution in [0.15, 0.2) is 30.3 Å². The summed E-state index contributed by atoms with van der Waals surface area (Å²) in [5, 5.41) is 12.1. The van der Waals surface area contributed by atoms with Gasteiger partial charge < -0.3 is 24.6 Å². The Morgan fingerprint density at radius 1 is 1.11 bits per heavy atom. The Bertz CT molecular complexity index is 549. The van der Waals surface area contributed by atoms with Crippen LogP contribution in [0, 0.1) is 0 Å². The van der Waals surface area contributed by atoms with Crippen molar-refractivity contribution >= 4 is 6.09 Å². The van der Waals surface area contributed by atoms with Gasteiger partial charge in [0.2, 0.25) is 0 Å². The Labute approximate surface area is 162 Å². The van der Waals surface area contributed by atoms with Crippen LogP contribution in [0.4, 0.5) is 4.79 Å². The number of benzene rings is 1. The van der Waals surface area contributed by atoms with E-state index in [9.17, 15) is 9.90 Å². The lowest BCUT2D eigenvalue weighted by Crippen LogP contribution is -2.44. The predicted molar refractivity (Wildman–Crippen MR) is 103 cm³/mol. The van der Waals surface area contributed by atoms with E-state index in [0.29, 0.717) is 6.61 Å². The maximum Gasteiger partial charge on any atom is 0.408 e. The number of ether oxygens (including phenoxy) is 3. The van der Waals surface area contributed by atoms with E-state index in [1.54, 1.807) is 20.8 Å². The van der Waals surface area contributed by atoms with E-state index in [-0.39, 0.29) is 25.4 Å². The molecule has 0 bridgehead atoms. The van der Waals surface area contributed by atoms with Gasteiger partial charge in [-0.1, -0.05) is 30.3 Å². The summed E-state index contributed by atoms with van der Waals surface area (Å²) >= 11 is 0. The largest absolute Gasteiger partial charge is 0.444 e. The Balaban J connectivity index is 1.63. The second-order valence-electron chi connectivity index (χ2n) is 8.05. The highest BCUT2D eigenvalue weighted by Gasteiger charge is 2.24. The van der Waals surface area contributed by atoms with Gasteiger partial charge in [0.25, 0.3) is 0 Å². The molecule has 2 rings (SSSR count). The molecule has 1 saturated carbocycles. The van der Waals surface area contributed by atoms with Gasteiger partial charge in [-0.3, -0.25) is 0 Å². The molecule has 6 nitrogen and oxygen atoms in total. The van der Waals surface area contributed by atoms with E-state index in [0.717, 1.165) is 25.7 Å². The molecular formula is C21H33NO5. The molecule has 1 aliphatic carbocycles. The number of amides is 1. The van der Waals surface area contributed by atoms with Crippen molar-refractivity contribution in [2.75, 3.05) is 13.2 Å². The molecule has 0 spiro atoms. The number of rotatable bonds is 8. The lowest BCUT2D eigenvalue weighted by atomic mass is 9.95. The highest BCUT2D eigenvalue weighted by Crippen LogP contribution is 2.24. The molecule has 0 radical (unpaired) electrons. The highest BCUT2D eigenvalue weighted by molar-refractivity contribution is 5.68. The third kappa shape index (κ3) is 8.73. The first kappa shape index (κ1) is 21.7. The highest BCUT2D eigenvalue weighted by atomic mass is 16.6. The second-order valence-corrected chi connectivity index (χ2v) is 8.05. The predicted octanol–water partition coefficient (Wildman–Crippen LogP) is 3.42. The molecular weight excluding hydrogens is 346 g/mol. The van der Waals surface area contributed by atoms with E-state index in [1.807, 2.05) is 18.2 Å².